The van der Waals surface area contributed by atoms with Crippen molar-refractivity contribution in [1.29, 1.82) is 0 Å². The number of esters is 1. The van der Waals surface area contributed by atoms with Crippen molar-refractivity contribution in [2.75, 3.05) is 26.4 Å². The number of carbonyl (C=O) groups excluding carboxylic acids is 1. The fraction of sp³-hybridized carbons (Fsp3) is 0.756. The highest BCUT2D eigenvalue weighted by atomic mass is 32.3. The minimum atomic E-state index is -5.07. The summed E-state index contributed by atoms with van der Waals surface area (Å²) in [6.45, 7) is 3.79. The standard InChI is InChI=1S/C45H78O12S/c1-3-5-7-9-11-13-15-17-19-21-23-25-27-29-31-33-35-53-37-39(38-54-45-43(49)44(57-58(50,51)52)42(48)40(36-46)56-45)55-41(47)34-32-30-28-26-24-22-20-18-16-14-12-10-8-6-4-2/h6,8,12,14,17-20,24,26,39-40,42-46,48-49H,3-5,7,9-11,13,15-16,21-23,25,27-38H2,1-2H3,(H,50,51,52)/b8-6-,14-12-,19-17-,20-18-,26-24-. The van der Waals surface area contributed by atoms with Crippen molar-refractivity contribution < 1.29 is 56.2 Å². The summed E-state index contributed by atoms with van der Waals surface area (Å²) in [6.07, 6.45) is 35.4. The van der Waals surface area contributed by atoms with E-state index in [9.17, 15) is 28.5 Å². The normalized spacial score (nSPS) is 21.1. The lowest BCUT2D eigenvalue weighted by atomic mass is 9.99. The molecule has 1 aliphatic heterocycles. The maximum absolute atomic E-state index is 12.8. The first kappa shape index (κ1) is 53.8. The Balaban J connectivity index is 2.49. The zero-order chi connectivity index (χ0) is 42.5. The summed E-state index contributed by atoms with van der Waals surface area (Å²) in [5.74, 6) is -0.444. The van der Waals surface area contributed by atoms with Crippen LogP contribution in [0.3, 0.4) is 0 Å². The van der Waals surface area contributed by atoms with E-state index >= 15 is 0 Å². The van der Waals surface area contributed by atoms with Gasteiger partial charge in [0.25, 0.3) is 0 Å². The molecule has 1 saturated heterocycles. The van der Waals surface area contributed by atoms with Crippen LogP contribution in [-0.2, 0) is 38.3 Å². The van der Waals surface area contributed by atoms with Crippen LogP contribution < -0.4 is 0 Å². The monoisotopic (exact) mass is 843 g/mol. The highest BCUT2D eigenvalue weighted by Gasteiger charge is 2.48. The van der Waals surface area contributed by atoms with E-state index in [1.165, 1.54) is 57.8 Å². The van der Waals surface area contributed by atoms with Gasteiger partial charge in [0.1, 0.15) is 30.5 Å². The van der Waals surface area contributed by atoms with Crippen molar-refractivity contribution in [1.82, 2.24) is 0 Å². The van der Waals surface area contributed by atoms with Gasteiger partial charge in [0.05, 0.1) is 19.8 Å². The van der Waals surface area contributed by atoms with Crippen molar-refractivity contribution in [2.24, 2.45) is 0 Å². The summed E-state index contributed by atoms with van der Waals surface area (Å²) in [6, 6.07) is 0. The fourth-order valence-electron chi connectivity index (χ4n) is 6.30. The molecule has 0 bridgehead atoms. The van der Waals surface area contributed by atoms with Crippen molar-refractivity contribution in [3.8, 4) is 0 Å². The van der Waals surface area contributed by atoms with Gasteiger partial charge < -0.3 is 34.3 Å². The molecule has 0 aromatic heterocycles. The molecule has 6 atom stereocenters. The van der Waals surface area contributed by atoms with Crippen LogP contribution >= 0.6 is 0 Å². The van der Waals surface area contributed by atoms with Crippen LogP contribution in [0.5, 0.6) is 0 Å². The molecular weight excluding hydrogens is 765 g/mol. The van der Waals surface area contributed by atoms with Gasteiger partial charge in [-0.15, -0.1) is 0 Å². The highest BCUT2D eigenvalue weighted by molar-refractivity contribution is 7.80. The third-order valence-corrected chi connectivity index (χ3v) is 10.1. The van der Waals surface area contributed by atoms with Crippen LogP contribution in [0.15, 0.2) is 60.8 Å². The largest absolute Gasteiger partial charge is 0.457 e. The van der Waals surface area contributed by atoms with Crippen LogP contribution in [0, 0.1) is 0 Å². The van der Waals surface area contributed by atoms with Crippen molar-refractivity contribution in [2.45, 2.75) is 192 Å². The van der Waals surface area contributed by atoms with E-state index in [4.69, 9.17) is 23.5 Å². The molecule has 6 unspecified atom stereocenters. The maximum Gasteiger partial charge on any atom is 0.397 e. The van der Waals surface area contributed by atoms with E-state index in [0.29, 0.717) is 13.0 Å². The van der Waals surface area contributed by atoms with Crippen molar-refractivity contribution in [3.63, 3.8) is 0 Å². The second-order valence-electron chi connectivity index (χ2n) is 14.9. The lowest BCUT2D eigenvalue weighted by Gasteiger charge is -2.41. The Bertz CT molecular complexity index is 1250. The Kier molecular flexibility index (Phi) is 34.0. The lowest BCUT2D eigenvalue weighted by molar-refractivity contribution is -0.301. The smallest absolute Gasteiger partial charge is 0.397 e. The molecule has 0 radical (unpaired) electrons. The first-order valence-corrected chi connectivity index (χ1v) is 23.4. The van der Waals surface area contributed by atoms with Gasteiger partial charge >= 0.3 is 16.4 Å². The molecule has 4 N–H and O–H groups in total. The Morgan fingerprint density at radius 3 is 1.76 bits per heavy atom. The number of unbranched alkanes of at least 4 members (excludes halogenated alkanes) is 14. The number of aliphatic hydroxyl groups is 3. The summed E-state index contributed by atoms with van der Waals surface area (Å²) in [4.78, 5) is 12.8. The lowest BCUT2D eigenvalue weighted by Crippen LogP contribution is -2.60. The van der Waals surface area contributed by atoms with Gasteiger partial charge in [-0.2, -0.15) is 8.42 Å². The molecule has 1 fully saturated rings. The zero-order valence-corrected chi connectivity index (χ0v) is 36.4. The molecule has 0 amide bonds. The number of rotatable bonds is 37. The van der Waals surface area contributed by atoms with Gasteiger partial charge in [0, 0.05) is 13.0 Å². The molecule has 0 aliphatic carbocycles. The van der Waals surface area contributed by atoms with E-state index < -0.39 is 59.8 Å². The van der Waals surface area contributed by atoms with Crippen LogP contribution in [0.1, 0.15) is 155 Å². The predicted molar refractivity (Wildman–Crippen MR) is 229 cm³/mol. The minimum absolute atomic E-state index is 0.0125. The second kappa shape index (κ2) is 36.6. The first-order chi connectivity index (χ1) is 28.1. The summed E-state index contributed by atoms with van der Waals surface area (Å²) < 4.78 is 58.9. The molecule has 0 aromatic rings. The molecule has 336 valence electrons. The number of carbonyl (C=O) groups is 1. The molecule has 58 heavy (non-hydrogen) atoms. The molecular formula is C45H78O12S. The summed E-state index contributed by atoms with van der Waals surface area (Å²) in [5, 5.41) is 30.6. The molecule has 12 nitrogen and oxygen atoms in total. The van der Waals surface area contributed by atoms with Gasteiger partial charge in [-0.1, -0.05) is 132 Å². The number of hydrogen-bond donors (Lipinski definition) is 4. The number of allylic oxidation sites excluding steroid dienone is 10. The van der Waals surface area contributed by atoms with Gasteiger partial charge in [0.15, 0.2) is 6.29 Å². The molecule has 0 spiro atoms. The predicted octanol–water partition coefficient (Wildman–Crippen LogP) is 8.96. The highest BCUT2D eigenvalue weighted by Crippen LogP contribution is 2.26. The topological polar surface area (TPSA) is 178 Å². The van der Waals surface area contributed by atoms with Crippen LogP contribution in [0.4, 0.5) is 0 Å². The molecule has 1 aliphatic rings. The maximum atomic E-state index is 12.8. The van der Waals surface area contributed by atoms with Gasteiger partial charge in [-0.25, -0.2) is 4.18 Å². The Labute approximate surface area is 350 Å². The molecule has 1 heterocycles. The number of aliphatic hydroxyl groups excluding tert-OH is 3. The van der Waals surface area contributed by atoms with Crippen molar-refractivity contribution >= 4 is 16.4 Å². The van der Waals surface area contributed by atoms with Gasteiger partial charge in [-0.3, -0.25) is 9.35 Å². The summed E-state index contributed by atoms with van der Waals surface area (Å²) in [5.41, 5.74) is 0. The van der Waals surface area contributed by atoms with Crippen LogP contribution in [0.25, 0.3) is 0 Å². The zero-order valence-electron chi connectivity index (χ0n) is 35.6. The van der Waals surface area contributed by atoms with E-state index in [1.807, 2.05) is 0 Å². The Hall–Kier alpha value is -2.20. The van der Waals surface area contributed by atoms with Gasteiger partial charge in [-0.05, 0) is 77.0 Å². The van der Waals surface area contributed by atoms with Crippen LogP contribution in [0.2, 0.25) is 0 Å². The van der Waals surface area contributed by atoms with E-state index in [1.54, 1.807) is 0 Å². The Morgan fingerprint density at radius 2 is 1.19 bits per heavy atom. The number of hydrogen-bond acceptors (Lipinski definition) is 11. The minimum Gasteiger partial charge on any atom is -0.457 e. The third kappa shape index (κ3) is 29.9. The van der Waals surface area contributed by atoms with E-state index in [-0.39, 0.29) is 19.6 Å². The van der Waals surface area contributed by atoms with E-state index in [2.05, 4.69) is 78.8 Å². The van der Waals surface area contributed by atoms with Crippen molar-refractivity contribution in [3.05, 3.63) is 60.8 Å². The fourth-order valence-corrected chi connectivity index (χ4v) is 6.81. The second-order valence-corrected chi connectivity index (χ2v) is 15.9. The quantitative estimate of drug-likeness (QED) is 0.0202. The van der Waals surface area contributed by atoms with Gasteiger partial charge in [0.2, 0.25) is 0 Å². The average molecular weight is 843 g/mol. The number of ether oxygens (including phenoxy) is 4. The van der Waals surface area contributed by atoms with Crippen LogP contribution in [-0.4, -0.2) is 97.5 Å². The average Bonchev–Trinajstić information content (AvgIpc) is 3.19. The SMILES string of the molecule is CC/C=C\C/C=C\C/C=C\C/C=C\CCCCC(=O)OC(COCCCCCCCC/C=C\CCCCCCCC)COC1OC(CO)C(O)C(OS(=O)(=O)O)C1O. The van der Waals surface area contributed by atoms with E-state index in [0.717, 1.165) is 70.6 Å². The summed E-state index contributed by atoms with van der Waals surface area (Å²) >= 11 is 0. The molecule has 0 aromatic carbocycles. The molecule has 0 saturated carbocycles. The Morgan fingerprint density at radius 1 is 0.672 bits per heavy atom. The molecule has 13 heteroatoms. The summed E-state index contributed by atoms with van der Waals surface area (Å²) in [7, 11) is -5.07. The molecule has 1 rings (SSSR count). The first-order valence-electron chi connectivity index (χ1n) is 22.0. The third-order valence-electron chi connectivity index (χ3n) is 9.62.